The largest absolute Gasteiger partial charge is 0.311 e. The van der Waals surface area contributed by atoms with E-state index in [0.717, 1.165) is 23.5 Å². The lowest BCUT2D eigenvalue weighted by molar-refractivity contribution is 0.332. The Kier molecular flexibility index (Phi) is 11.1. The van der Waals surface area contributed by atoms with Crippen molar-refractivity contribution in [1.82, 2.24) is 0 Å². The molecule has 8 aromatic rings. The van der Waals surface area contributed by atoms with Crippen LogP contribution in [0.15, 0.2) is 133 Å². The molecular weight excluding hydrogens is 926 g/mol. The Morgan fingerprint density at radius 2 is 0.933 bits per heavy atom. The minimum Gasteiger partial charge on any atom is -0.311 e. The topological polar surface area (TPSA) is 9.72 Å². The summed E-state index contributed by atoms with van der Waals surface area (Å²) in [7, 11) is 0. The Balaban J connectivity index is 1.20. The van der Waals surface area contributed by atoms with Crippen LogP contribution in [0.2, 0.25) is 0 Å². The molecule has 0 radical (unpaired) electrons. The molecule has 0 saturated carbocycles. The second-order valence-electron chi connectivity index (χ2n) is 27.7. The van der Waals surface area contributed by atoms with Gasteiger partial charge in [-0.15, -0.1) is 11.3 Å². The van der Waals surface area contributed by atoms with E-state index < -0.39 is 0 Å². The van der Waals surface area contributed by atoms with E-state index in [0.29, 0.717) is 0 Å². The number of benzene rings is 7. The second-order valence-corrected chi connectivity index (χ2v) is 28.8. The zero-order chi connectivity index (χ0) is 53.1. The maximum atomic E-state index is 2.74. The predicted molar refractivity (Wildman–Crippen MR) is 328 cm³/mol. The molecule has 7 aromatic carbocycles. The van der Waals surface area contributed by atoms with E-state index in [-0.39, 0.29) is 39.2 Å². The van der Waals surface area contributed by atoms with E-state index in [1.54, 1.807) is 0 Å². The molecule has 75 heavy (non-hydrogen) atoms. The van der Waals surface area contributed by atoms with Gasteiger partial charge >= 0.3 is 0 Å². The zero-order valence-corrected chi connectivity index (χ0v) is 48.7. The maximum absolute atomic E-state index is 2.74. The third-order valence-electron chi connectivity index (χ3n) is 18.4. The van der Waals surface area contributed by atoms with E-state index in [9.17, 15) is 0 Å². The Hall–Kier alpha value is -6.04. The molecule has 0 spiro atoms. The summed E-state index contributed by atoms with van der Waals surface area (Å²) < 4.78 is 2.86. The average molecular weight is 1000 g/mol. The van der Waals surface area contributed by atoms with E-state index in [2.05, 4.69) is 270 Å². The summed E-state index contributed by atoms with van der Waals surface area (Å²) in [6.07, 6.45) is 4.70. The van der Waals surface area contributed by atoms with Crippen LogP contribution in [0, 0.1) is 13.8 Å². The Labute approximate surface area is 454 Å². The minimum absolute atomic E-state index is 0.0219. The third-order valence-corrected chi connectivity index (χ3v) is 19.7. The number of hydrogen-bond acceptors (Lipinski definition) is 4. The van der Waals surface area contributed by atoms with E-state index in [4.69, 9.17) is 0 Å². The van der Waals surface area contributed by atoms with Crippen LogP contribution in [0.4, 0.5) is 51.2 Å². The summed E-state index contributed by atoms with van der Waals surface area (Å²) in [5.41, 5.74) is 25.4. The first-order valence-electron chi connectivity index (χ1n) is 28.0. The summed E-state index contributed by atoms with van der Waals surface area (Å²) in [5.74, 6) is 0. The molecule has 0 bridgehead atoms. The summed E-state index contributed by atoms with van der Waals surface area (Å²) in [5, 5.41) is 1.39. The van der Waals surface area contributed by atoms with Gasteiger partial charge in [0.2, 0.25) is 0 Å². The van der Waals surface area contributed by atoms with Crippen LogP contribution < -0.4 is 30.4 Å². The lowest BCUT2D eigenvalue weighted by atomic mass is 9.35. The Bertz CT molecular complexity index is 3540. The summed E-state index contributed by atoms with van der Waals surface area (Å²) in [6, 6.07) is 52.1. The number of para-hydroxylation sites is 2. The van der Waals surface area contributed by atoms with Gasteiger partial charge in [-0.25, -0.2) is 0 Å². The number of hydrogen-bond donors (Lipinski definition) is 0. The molecule has 0 N–H and O–H groups in total. The van der Waals surface area contributed by atoms with Crippen LogP contribution in [0.1, 0.15) is 167 Å². The fraction of sp³-hybridized carbons (Fsp3) is 0.371. The molecule has 0 fully saturated rings. The SMILES string of the molecule is Cc1cc(N(c2ccccc2)c2ccccc2)cc(C)c1N1c2cc3c(cc2B2c4sc5cc6c(cc5c4N(c4ccc(C(C)(C)C)cc4)c4cc(C(C)(C)C)cc1c42)C(C)(C)CCC6(C)C)C(C)(C)CCC3(C)C. The van der Waals surface area contributed by atoms with Gasteiger partial charge in [0, 0.05) is 54.7 Å². The lowest BCUT2D eigenvalue weighted by Gasteiger charge is -2.47. The smallest absolute Gasteiger partial charge is 0.264 e. The molecule has 0 saturated heterocycles. The standard InChI is InChI=1S/C70H78BN3S/c1-43-35-50(72(47-23-19-17-20-24-47)48-25-21-18-22-26-48)36-44(2)62(43)74-57-41-54-53(68(11,12)32-33-69(54,13)14)40-56(57)71-61-58(37-46(38-59(61)74)66(6,7)8)73(49-29-27-45(28-30-49)65(3,4)5)63-51-39-52-55(42-60(51)75-64(63)71)70(15,16)34-31-67(52,9)10/h17-30,35-42H,31-34H2,1-16H3. The molecule has 3 nitrogen and oxygen atoms in total. The van der Waals surface area contributed by atoms with Gasteiger partial charge in [-0.05, 0) is 206 Å². The maximum Gasteiger partial charge on any atom is 0.264 e. The van der Waals surface area contributed by atoms with Crippen LogP contribution in [-0.4, -0.2) is 6.71 Å². The van der Waals surface area contributed by atoms with Crippen molar-refractivity contribution in [2.24, 2.45) is 0 Å². The quantitative estimate of drug-likeness (QED) is 0.159. The number of anilines is 9. The molecule has 3 heterocycles. The lowest BCUT2D eigenvalue weighted by Crippen LogP contribution is -2.61. The second kappa shape index (κ2) is 16.7. The molecule has 2 aliphatic heterocycles. The van der Waals surface area contributed by atoms with Crippen molar-refractivity contribution < 1.29 is 0 Å². The van der Waals surface area contributed by atoms with Crippen molar-refractivity contribution in [1.29, 1.82) is 0 Å². The first-order valence-corrected chi connectivity index (χ1v) is 28.8. The first-order chi connectivity index (χ1) is 35.2. The van der Waals surface area contributed by atoms with Gasteiger partial charge in [0.05, 0.1) is 11.4 Å². The molecule has 0 unspecified atom stereocenters. The van der Waals surface area contributed by atoms with Gasteiger partial charge < -0.3 is 14.7 Å². The van der Waals surface area contributed by atoms with Gasteiger partial charge in [0.1, 0.15) is 0 Å². The third kappa shape index (κ3) is 7.86. The highest BCUT2D eigenvalue weighted by atomic mass is 32.1. The Morgan fingerprint density at radius 1 is 0.467 bits per heavy atom. The fourth-order valence-electron chi connectivity index (χ4n) is 13.7. The average Bonchev–Trinajstić information content (AvgIpc) is 3.79. The minimum atomic E-state index is -0.137. The first kappa shape index (κ1) is 49.8. The number of rotatable bonds is 5. The molecular formula is C70H78BN3S. The molecule has 1 aromatic heterocycles. The van der Waals surface area contributed by atoms with Crippen LogP contribution in [0.3, 0.4) is 0 Å². The summed E-state index contributed by atoms with van der Waals surface area (Å²) in [6.45, 7) is 38.9. The normalized spacial score (nSPS) is 17.7. The van der Waals surface area contributed by atoms with Crippen molar-refractivity contribution >= 4 is 95.0 Å². The highest BCUT2D eigenvalue weighted by Gasteiger charge is 2.49. The highest BCUT2D eigenvalue weighted by Crippen LogP contribution is 2.56. The van der Waals surface area contributed by atoms with Gasteiger partial charge in [-0.1, -0.05) is 152 Å². The van der Waals surface area contributed by atoms with Crippen molar-refractivity contribution in [2.75, 3.05) is 14.7 Å². The summed E-state index contributed by atoms with van der Waals surface area (Å²) in [4.78, 5) is 7.87. The van der Waals surface area contributed by atoms with Gasteiger partial charge in [-0.3, -0.25) is 0 Å². The van der Waals surface area contributed by atoms with Crippen molar-refractivity contribution in [3.63, 3.8) is 0 Å². The van der Waals surface area contributed by atoms with Crippen LogP contribution in [0.5, 0.6) is 0 Å². The van der Waals surface area contributed by atoms with E-state index >= 15 is 0 Å². The number of fused-ring (bicyclic) bond motifs is 8. The van der Waals surface area contributed by atoms with Crippen molar-refractivity contribution in [3.05, 3.63) is 178 Å². The van der Waals surface area contributed by atoms with Crippen molar-refractivity contribution in [3.8, 4) is 0 Å². The molecule has 12 rings (SSSR count). The van der Waals surface area contributed by atoms with Gasteiger partial charge in [0.15, 0.2) is 0 Å². The van der Waals surface area contributed by atoms with Gasteiger partial charge in [0.25, 0.3) is 6.71 Å². The molecule has 4 aliphatic rings. The van der Waals surface area contributed by atoms with Crippen LogP contribution in [-0.2, 0) is 32.5 Å². The number of nitrogens with zero attached hydrogens (tertiary/aromatic N) is 3. The molecule has 5 heteroatoms. The zero-order valence-electron chi connectivity index (χ0n) is 47.9. The van der Waals surface area contributed by atoms with Crippen LogP contribution in [0.25, 0.3) is 10.1 Å². The molecule has 0 atom stereocenters. The highest BCUT2D eigenvalue weighted by molar-refractivity contribution is 7.33. The molecule has 2 aliphatic carbocycles. The monoisotopic (exact) mass is 1000 g/mol. The number of aryl methyl sites for hydroxylation is 2. The van der Waals surface area contributed by atoms with Crippen LogP contribution >= 0.6 is 11.3 Å². The summed E-state index contributed by atoms with van der Waals surface area (Å²) >= 11 is 2.07. The predicted octanol–water partition coefficient (Wildman–Crippen LogP) is 18.4. The van der Waals surface area contributed by atoms with E-state index in [1.165, 1.54) is 124 Å². The van der Waals surface area contributed by atoms with E-state index in [1.807, 2.05) is 0 Å². The van der Waals surface area contributed by atoms with Crippen molar-refractivity contribution in [2.45, 2.75) is 169 Å². The number of thiophene rings is 1. The Morgan fingerprint density at radius 3 is 1.44 bits per heavy atom. The van der Waals surface area contributed by atoms with Gasteiger partial charge in [-0.2, -0.15) is 0 Å². The molecule has 0 amide bonds. The fourth-order valence-corrected chi connectivity index (χ4v) is 15.0. The molecule has 382 valence electrons.